The minimum Gasteiger partial charge on any atom is -0.456 e. The number of benzene rings is 18. The highest BCUT2D eigenvalue weighted by Crippen LogP contribution is 2.42. The zero-order valence-electron chi connectivity index (χ0n) is 67.6. The van der Waals surface area contributed by atoms with Crippen LogP contribution in [0.4, 0.5) is 0 Å². The fourth-order valence-electron chi connectivity index (χ4n) is 16.3. The van der Waals surface area contributed by atoms with Crippen LogP contribution in [-0.4, -0.2) is 0 Å². The first-order chi connectivity index (χ1) is 58.9. The van der Waals surface area contributed by atoms with Gasteiger partial charge in [-0.3, -0.25) is 0 Å². The summed E-state index contributed by atoms with van der Waals surface area (Å²) in [6, 6.07) is 139. The van der Waals surface area contributed by atoms with E-state index in [0.717, 1.165) is 78.1 Å². The van der Waals surface area contributed by atoms with Crippen LogP contribution < -0.4 is 0 Å². The van der Waals surface area contributed by atoms with Crippen molar-refractivity contribution in [3.63, 3.8) is 0 Å². The van der Waals surface area contributed by atoms with E-state index in [9.17, 15) is 0 Å². The fraction of sp³-hybridized carbons (Fsp3) is 0.0526. The highest BCUT2D eigenvalue weighted by molar-refractivity contribution is 6.14. The first kappa shape index (κ1) is 74.8. The van der Waals surface area contributed by atoms with Crippen LogP contribution in [0.1, 0.15) is 33.4 Å². The summed E-state index contributed by atoms with van der Waals surface area (Å²) >= 11 is 0. The summed E-state index contributed by atoms with van der Waals surface area (Å²) in [4.78, 5) is 0. The van der Waals surface area contributed by atoms with Crippen LogP contribution in [-0.2, 0) is 0 Å². The molecule has 6 nitrogen and oxygen atoms in total. The minimum atomic E-state index is 0.946. The van der Waals surface area contributed by atoms with Gasteiger partial charge in [0, 0.05) is 75.8 Å². The lowest BCUT2D eigenvalue weighted by Gasteiger charge is -2.05. The summed E-state index contributed by atoms with van der Waals surface area (Å²) in [7, 11) is 0. The molecule has 0 unspecified atom stereocenters. The zero-order chi connectivity index (χ0) is 81.2. The minimum absolute atomic E-state index is 0.946. The Balaban J connectivity index is 0.0000000952. The third-order valence-electron chi connectivity index (χ3n) is 22.6. The molecule has 120 heavy (non-hydrogen) atoms. The predicted octanol–water partition coefficient (Wildman–Crippen LogP) is 33.4. The highest BCUT2D eigenvalue weighted by Gasteiger charge is 2.17. The number of hydrogen-bond acceptors (Lipinski definition) is 6. The molecule has 0 N–H and O–H groups in total. The van der Waals surface area contributed by atoms with Gasteiger partial charge in [0.2, 0.25) is 0 Å². The standard InChI is InChI=1S/6C19H14O/c1-13-6-4-7-14(12-13)15-9-5-10-17-16-8-2-3-11-18(16)20-19(15)17;1-13-6-2-3-7-15(13)14-10-11-19-17(12-14)16-8-4-5-9-18(16)20-19;1-13-9-11-14(12-10-13)15-6-4-7-17-16-5-2-3-8-18(16)20-19(15)17;1-13-9-11-14(12-10-13)15-6-4-8-18-19(15)16-5-2-3-7-17(16)20-18;1-13-6-8-14(9-7-13)15-10-11-19-17(12-15)16-4-2-3-5-18(16)20-19;1-13-6-8-14(9-7-13)15-10-11-17-16-4-2-3-5-18(16)20-19(17)12-15/h6*2-12H,1H3. The number of furan rings is 6. The van der Waals surface area contributed by atoms with E-state index in [1.807, 2.05) is 84.9 Å². The topological polar surface area (TPSA) is 78.8 Å². The van der Waals surface area contributed by atoms with Gasteiger partial charge >= 0.3 is 0 Å². The SMILES string of the molecule is Cc1ccc(-c2ccc3c(c2)oc2ccccc23)cc1.Cc1ccc(-c2ccc3oc4ccccc4c3c2)cc1.Cc1ccc(-c2cccc3c2oc2ccccc23)cc1.Cc1ccc(-c2cccc3oc4ccccc4c23)cc1.Cc1cccc(-c2cccc3c2oc2ccccc23)c1.Cc1ccccc1-c1ccc2oc3ccccc3c2c1. The molecule has 0 aliphatic rings. The molecule has 0 bridgehead atoms. The van der Waals surface area contributed by atoms with E-state index in [1.165, 1.54) is 154 Å². The smallest absolute Gasteiger partial charge is 0.143 e. The van der Waals surface area contributed by atoms with E-state index in [1.54, 1.807) is 0 Å². The van der Waals surface area contributed by atoms with Crippen LogP contribution in [0, 0.1) is 41.5 Å². The van der Waals surface area contributed by atoms with Gasteiger partial charge in [-0.05, 0) is 182 Å². The Bertz CT molecular complexity index is 7800. The molecule has 0 saturated heterocycles. The van der Waals surface area contributed by atoms with Gasteiger partial charge in [0.05, 0.1) is 0 Å². The Morgan fingerprint density at radius 2 is 0.442 bits per heavy atom. The van der Waals surface area contributed by atoms with Crippen LogP contribution in [0.25, 0.3) is 198 Å². The molecule has 576 valence electrons. The number of para-hydroxylation sites is 8. The number of fused-ring (bicyclic) bond motifs is 18. The van der Waals surface area contributed by atoms with Gasteiger partial charge in [0.25, 0.3) is 0 Å². The Morgan fingerprint density at radius 1 is 0.142 bits per heavy atom. The monoisotopic (exact) mass is 1550 g/mol. The zero-order valence-corrected chi connectivity index (χ0v) is 67.6. The average molecular weight is 1550 g/mol. The second kappa shape index (κ2) is 32.8. The van der Waals surface area contributed by atoms with Crippen molar-refractivity contribution in [2.75, 3.05) is 0 Å². The Morgan fingerprint density at radius 3 is 0.950 bits per heavy atom. The molecule has 6 aromatic heterocycles. The molecule has 0 aliphatic heterocycles. The van der Waals surface area contributed by atoms with Crippen molar-refractivity contribution in [1.82, 2.24) is 0 Å². The normalized spacial score (nSPS) is 11.2. The molecule has 0 amide bonds. The fourth-order valence-corrected chi connectivity index (χ4v) is 16.3. The lowest BCUT2D eigenvalue weighted by atomic mass is 9.99. The maximum absolute atomic E-state index is 6.08. The lowest BCUT2D eigenvalue weighted by molar-refractivity contribution is 0.668. The van der Waals surface area contributed by atoms with E-state index in [0.29, 0.717) is 0 Å². The molecule has 18 aromatic carbocycles. The van der Waals surface area contributed by atoms with Crippen LogP contribution in [0.5, 0.6) is 0 Å². The molecule has 24 rings (SSSR count). The highest BCUT2D eigenvalue weighted by atomic mass is 16.3. The second-order valence-electron chi connectivity index (χ2n) is 30.9. The molecule has 6 heterocycles. The predicted molar refractivity (Wildman–Crippen MR) is 503 cm³/mol. The molecular weight excluding hydrogens is 1470 g/mol. The maximum atomic E-state index is 6.08. The summed E-state index contributed by atoms with van der Waals surface area (Å²) in [6.45, 7) is 12.7. The van der Waals surface area contributed by atoms with Crippen molar-refractivity contribution < 1.29 is 26.5 Å². The van der Waals surface area contributed by atoms with Crippen molar-refractivity contribution in [3.05, 3.63) is 434 Å². The van der Waals surface area contributed by atoms with Crippen molar-refractivity contribution in [3.8, 4) is 66.8 Å². The van der Waals surface area contributed by atoms with Crippen LogP contribution in [0.15, 0.2) is 427 Å². The Hall–Kier alpha value is -15.2. The maximum Gasteiger partial charge on any atom is 0.143 e. The largest absolute Gasteiger partial charge is 0.456 e. The Labute approximate surface area is 695 Å². The van der Waals surface area contributed by atoms with Crippen LogP contribution >= 0.6 is 0 Å². The second-order valence-corrected chi connectivity index (χ2v) is 30.9. The summed E-state index contributed by atoms with van der Waals surface area (Å²) in [6.07, 6.45) is 0. The van der Waals surface area contributed by atoms with Crippen molar-refractivity contribution in [1.29, 1.82) is 0 Å². The number of aryl methyl sites for hydroxylation is 6. The summed E-state index contributed by atoms with van der Waals surface area (Å²) < 4.78 is 35.8. The quantitative estimate of drug-likeness (QED) is 0.165. The summed E-state index contributed by atoms with van der Waals surface area (Å²) in [5.74, 6) is 0. The molecule has 0 saturated carbocycles. The number of hydrogen-bond donors (Lipinski definition) is 0. The van der Waals surface area contributed by atoms with E-state index in [2.05, 4.69) is 357 Å². The summed E-state index contributed by atoms with van der Waals surface area (Å²) in [5.41, 5.74) is 33.6. The first-order valence-corrected chi connectivity index (χ1v) is 40.8. The molecule has 0 radical (unpaired) electrons. The van der Waals surface area contributed by atoms with Crippen LogP contribution in [0.3, 0.4) is 0 Å². The van der Waals surface area contributed by atoms with E-state index < -0.39 is 0 Å². The number of rotatable bonds is 6. The van der Waals surface area contributed by atoms with Gasteiger partial charge in [-0.15, -0.1) is 0 Å². The van der Waals surface area contributed by atoms with Crippen molar-refractivity contribution in [2.45, 2.75) is 41.5 Å². The third kappa shape index (κ3) is 15.2. The van der Waals surface area contributed by atoms with Gasteiger partial charge in [-0.1, -0.05) is 349 Å². The molecule has 0 spiro atoms. The molecule has 0 aliphatic carbocycles. The molecular formula is C114H84O6. The van der Waals surface area contributed by atoms with Gasteiger partial charge in [-0.2, -0.15) is 0 Å². The lowest BCUT2D eigenvalue weighted by Crippen LogP contribution is -1.81. The van der Waals surface area contributed by atoms with Gasteiger partial charge in [-0.25, -0.2) is 0 Å². The van der Waals surface area contributed by atoms with Gasteiger partial charge in [0.15, 0.2) is 0 Å². The van der Waals surface area contributed by atoms with Crippen molar-refractivity contribution in [2.24, 2.45) is 0 Å². The van der Waals surface area contributed by atoms with E-state index >= 15 is 0 Å². The summed E-state index contributed by atoms with van der Waals surface area (Å²) in [5, 5.41) is 14.2. The van der Waals surface area contributed by atoms with Gasteiger partial charge in [0.1, 0.15) is 67.0 Å². The van der Waals surface area contributed by atoms with E-state index in [-0.39, 0.29) is 0 Å². The molecule has 6 heteroatoms. The van der Waals surface area contributed by atoms with Gasteiger partial charge < -0.3 is 26.5 Å². The third-order valence-corrected chi connectivity index (χ3v) is 22.6. The van der Waals surface area contributed by atoms with E-state index in [4.69, 9.17) is 26.5 Å². The molecule has 24 aromatic rings. The Kier molecular flexibility index (Phi) is 20.5. The van der Waals surface area contributed by atoms with Crippen molar-refractivity contribution >= 4 is 132 Å². The molecule has 0 atom stereocenters. The first-order valence-electron chi connectivity index (χ1n) is 40.8. The average Bonchev–Trinajstić information content (AvgIpc) is 1.62. The molecule has 0 fully saturated rings. The van der Waals surface area contributed by atoms with Crippen LogP contribution in [0.2, 0.25) is 0 Å².